The predicted molar refractivity (Wildman–Crippen MR) is 74.6 cm³/mol. The van der Waals surface area contributed by atoms with Crippen LogP contribution in [0.5, 0.6) is 11.5 Å². The molecule has 1 aromatic rings. The lowest BCUT2D eigenvalue weighted by molar-refractivity contribution is -0.137. The first-order valence-corrected chi connectivity index (χ1v) is 6.99. The molecule has 1 aliphatic heterocycles. The van der Waals surface area contributed by atoms with E-state index in [2.05, 4.69) is 4.90 Å². The summed E-state index contributed by atoms with van der Waals surface area (Å²) in [5, 5.41) is 27.8. The summed E-state index contributed by atoms with van der Waals surface area (Å²) in [7, 11) is 0. The summed E-state index contributed by atoms with van der Waals surface area (Å²) in [5.74, 6) is -0.153. The van der Waals surface area contributed by atoms with Crippen LogP contribution in [0.1, 0.15) is 31.2 Å². The number of carbonyl (C=O) groups is 1. The van der Waals surface area contributed by atoms with Crippen LogP contribution in [0.25, 0.3) is 0 Å². The molecule has 5 nitrogen and oxygen atoms in total. The van der Waals surface area contributed by atoms with Gasteiger partial charge in [0.15, 0.2) is 0 Å². The molecule has 20 heavy (non-hydrogen) atoms. The van der Waals surface area contributed by atoms with Gasteiger partial charge in [-0.3, -0.25) is 9.69 Å². The second kappa shape index (κ2) is 6.61. The molecule has 0 bridgehead atoms. The van der Waals surface area contributed by atoms with Crippen LogP contribution >= 0.6 is 0 Å². The number of hydrogen-bond acceptors (Lipinski definition) is 4. The predicted octanol–water partition coefficient (Wildman–Crippen LogP) is 2.17. The molecule has 3 N–H and O–H groups in total. The van der Waals surface area contributed by atoms with Crippen molar-refractivity contribution in [1.82, 2.24) is 4.90 Å². The molecule has 0 radical (unpaired) electrons. The van der Waals surface area contributed by atoms with Crippen LogP contribution in [0.4, 0.5) is 0 Å². The highest BCUT2D eigenvalue weighted by atomic mass is 16.4. The third-order valence-electron chi connectivity index (χ3n) is 3.83. The van der Waals surface area contributed by atoms with E-state index in [-0.39, 0.29) is 17.9 Å². The number of phenolic OH excluding ortho intramolecular Hbond substituents is 2. The molecule has 1 aliphatic rings. The topological polar surface area (TPSA) is 81.0 Å². The first-order chi connectivity index (χ1) is 9.54. The van der Waals surface area contributed by atoms with Gasteiger partial charge in [-0.1, -0.05) is 6.07 Å². The number of carboxylic acid groups (broad SMARTS) is 1. The number of aliphatic carboxylic acids is 1. The Kier molecular flexibility index (Phi) is 4.84. The van der Waals surface area contributed by atoms with Gasteiger partial charge in [-0.05, 0) is 37.8 Å². The molecule has 0 amide bonds. The monoisotopic (exact) mass is 279 g/mol. The van der Waals surface area contributed by atoms with E-state index in [0.717, 1.165) is 31.5 Å². The van der Waals surface area contributed by atoms with Crippen molar-refractivity contribution in [2.24, 2.45) is 5.92 Å². The normalized spacial score (nSPS) is 19.9. The Labute approximate surface area is 118 Å². The van der Waals surface area contributed by atoms with Gasteiger partial charge >= 0.3 is 5.97 Å². The lowest BCUT2D eigenvalue weighted by Gasteiger charge is -2.32. The van der Waals surface area contributed by atoms with E-state index in [1.165, 1.54) is 6.07 Å². The Bertz CT molecular complexity index is 475. The second-order valence-corrected chi connectivity index (χ2v) is 5.49. The van der Waals surface area contributed by atoms with E-state index >= 15 is 0 Å². The lowest BCUT2D eigenvalue weighted by Crippen LogP contribution is -2.35. The third-order valence-corrected chi connectivity index (χ3v) is 3.83. The van der Waals surface area contributed by atoms with Crippen molar-refractivity contribution in [3.05, 3.63) is 23.8 Å². The fourth-order valence-electron chi connectivity index (χ4n) is 2.78. The SMILES string of the molecule is O=C(O)CCC1CCCN(Cc2ccc(O)cc2O)C1. The number of hydrogen-bond donors (Lipinski definition) is 3. The minimum Gasteiger partial charge on any atom is -0.508 e. The minimum absolute atomic E-state index is 0.0595. The molecule has 1 atom stereocenters. The average Bonchev–Trinajstić information content (AvgIpc) is 2.40. The molecule has 0 aliphatic carbocycles. The van der Waals surface area contributed by atoms with Gasteiger partial charge in [0.1, 0.15) is 11.5 Å². The van der Waals surface area contributed by atoms with E-state index in [4.69, 9.17) is 5.11 Å². The van der Waals surface area contributed by atoms with Crippen molar-refractivity contribution < 1.29 is 20.1 Å². The maximum absolute atomic E-state index is 10.6. The largest absolute Gasteiger partial charge is 0.508 e. The van der Waals surface area contributed by atoms with Crippen LogP contribution in [-0.4, -0.2) is 39.3 Å². The molecule has 1 fully saturated rings. The Morgan fingerprint density at radius 2 is 2.15 bits per heavy atom. The smallest absolute Gasteiger partial charge is 0.303 e. The van der Waals surface area contributed by atoms with Crippen molar-refractivity contribution in [3.8, 4) is 11.5 Å². The summed E-state index contributed by atoms with van der Waals surface area (Å²) in [6.07, 6.45) is 3.07. The lowest BCUT2D eigenvalue weighted by atomic mass is 9.93. The van der Waals surface area contributed by atoms with Crippen LogP contribution in [0.3, 0.4) is 0 Å². The van der Waals surface area contributed by atoms with Crippen LogP contribution < -0.4 is 0 Å². The van der Waals surface area contributed by atoms with Gasteiger partial charge in [0.2, 0.25) is 0 Å². The molecule has 1 heterocycles. The first kappa shape index (κ1) is 14.7. The fourth-order valence-corrected chi connectivity index (χ4v) is 2.78. The molecule has 5 heteroatoms. The van der Waals surface area contributed by atoms with Gasteiger partial charge in [0.05, 0.1) is 0 Å². The molecular weight excluding hydrogens is 258 g/mol. The highest BCUT2D eigenvalue weighted by Crippen LogP contribution is 2.27. The highest BCUT2D eigenvalue weighted by Gasteiger charge is 2.21. The van der Waals surface area contributed by atoms with Crippen LogP contribution in [0.2, 0.25) is 0 Å². The van der Waals surface area contributed by atoms with Crippen LogP contribution in [0, 0.1) is 5.92 Å². The maximum Gasteiger partial charge on any atom is 0.303 e. The summed E-state index contributed by atoms with van der Waals surface area (Å²) in [6.45, 7) is 2.47. The Morgan fingerprint density at radius 1 is 1.35 bits per heavy atom. The molecular formula is C15H21NO4. The molecule has 1 unspecified atom stereocenters. The van der Waals surface area contributed by atoms with Gasteiger partial charge < -0.3 is 15.3 Å². The molecule has 1 saturated heterocycles. The van der Waals surface area contributed by atoms with Crippen LogP contribution in [0.15, 0.2) is 18.2 Å². The zero-order valence-electron chi connectivity index (χ0n) is 11.5. The van der Waals surface area contributed by atoms with E-state index < -0.39 is 5.97 Å². The van der Waals surface area contributed by atoms with Gasteiger partial charge in [-0.25, -0.2) is 0 Å². The zero-order valence-corrected chi connectivity index (χ0v) is 11.5. The van der Waals surface area contributed by atoms with E-state index in [9.17, 15) is 15.0 Å². The van der Waals surface area contributed by atoms with Gasteiger partial charge in [0, 0.05) is 31.1 Å². The number of piperidine rings is 1. The van der Waals surface area contributed by atoms with Gasteiger partial charge in [-0.2, -0.15) is 0 Å². The van der Waals surface area contributed by atoms with Crippen molar-refractivity contribution in [1.29, 1.82) is 0 Å². The first-order valence-electron chi connectivity index (χ1n) is 6.99. The standard InChI is InChI=1S/C15H21NO4/c17-13-5-4-12(14(18)8-13)10-16-7-1-2-11(9-16)3-6-15(19)20/h4-5,8,11,17-18H,1-3,6-7,9-10H2,(H,19,20). The quantitative estimate of drug-likeness (QED) is 0.769. The summed E-state index contributed by atoms with van der Waals surface area (Å²) >= 11 is 0. The summed E-state index contributed by atoms with van der Waals surface area (Å²) in [5.41, 5.74) is 0.793. The number of aromatic hydroxyl groups is 2. The number of likely N-dealkylation sites (tertiary alicyclic amines) is 1. The summed E-state index contributed by atoms with van der Waals surface area (Å²) < 4.78 is 0. The van der Waals surface area contributed by atoms with Crippen molar-refractivity contribution in [3.63, 3.8) is 0 Å². The minimum atomic E-state index is -0.738. The van der Waals surface area contributed by atoms with E-state index in [0.29, 0.717) is 18.9 Å². The Balaban J connectivity index is 1.90. The number of nitrogens with zero attached hydrogens (tertiary/aromatic N) is 1. The van der Waals surface area contributed by atoms with E-state index in [1.54, 1.807) is 12.1 Å². The van der Waals surface area contributed by atoms with Gasteiger partial charge in [0.25, 0.3) is 0 Å². The molecule has 0 saturated carbocycles. The molecule has 1 aromatic carbocycles. The number of carboxylic acids is 1. The van der Waals surface area contributed by atoms with E-state index in [1.807, 2.05) is 0 Å². The zero-order chi connectivity index (χ0) is 14.5. The molecule has 0 spiro atoms. The number of rotatable bonds is 5. The van der Waals surface area contributed by atoms with Crippen molar-refractivity contribution >= 4 is 5.97 Å². The third kappa shape index (κ3) is 4.13. The summed E-state index contributed by atoms with van der Waals surface area (Å²) in [6, 6.07) is 4.65. The van der Waals surface area contributed by atoms with Gasteiger partial charge in [-0.15, -0.1) is 0 Å². The Hall–Kier alpha value is -1.75. The molecule has 110 valence electrons. The number of phenols is 2. The maximum atomic E-state index is 10.6. The highest BCUT2D eigenvalue weighted by molar-refractivity contribution is 5.66. The molecule has 0 aromatic heterocycles. The van der Waals surface area contributed by atoms with Crippen LogP contribution in [-0.2, 0) is 11.3 Å². The number of benzene rings is 1. The van der Waals surface area contributed by atoms with Crippen molar-refractivity contribution in [2.75, 3.05) is 13.1 Å². The average molecular weight is 279 g/mol. The second-order valence-electron chi connectivity index (χ2n) is 5.49. The molecule has 2 rings (SSSR count). The Morgan fingerprint density at radius 3 is 2.85 bits per heavy atom. The summed E-state index contributed by atoms with van der Waals surface area (Å²) in [4.78, 5) is 12.9. The fraction of sp³-hybridized carbons (Fsp3) is 0.533. The van der Waals surface area contributed by atoms with Crippen molar-refractivity contribution in [2.45, 2.75) is 32.2 Å².